The number of hydrogen-bond donors (Lipinski definition) is 1. The van der Waals surface area contributed by atoms with E-state index in [9.17, 15) is 0 Å². The van der Waals surface area contributed by atoms with Gasteiger partial charge in [-0.3, -0.25) is 5.41 Å². The molecule has 1 heterocycles. The Labute approximate surface area is 88.8 Å². The third kappa shape index (κ3) is 2.10. The SMILES string of the molecule is N=C1SCCCCN1c1ccccc1. The zero-order chi connectivity index (χ0) is 9.80. The second kappa shape index (κ2) is 4.51. The number of thioether (sulfide) groups is 1. The van der Waals surface area contributed by atoms with Crippen molar-refractivity contribution in [1.82, 2.24) is 0 Å². The molecular weight excluding hydrogens is 192 g/mol. The molecule has 3 heteroatoms. The van der Waals surface area contributed by atoms with Crippen LogP contribution in [0, 0.1) is 5.41 Å². The Hall–Kier alpha value is -0.960. The van der Waals surface area contributed by atoms with E-state index >= 15 is 0 Å². The maximum atomic E-state index is 7.91. The summed E-state index contributed by atoms with van der Waals surface area (Å²) in [6.07, 6.45) is 2.40. The lowest BCUT2D eigenvalue weighted by atomic mass is 10.2. The average Bonchev–Trinajstić information content (AvgIpc) is 2.44. The molecule has 0 aromatic heterocycles. The van der Waals surface area contributed by atoms with Crippen LogP contribution >= 0.6 is 11.8 Å². The zero-order valence-corrected chi connectivity index (χ0v) is 8.89. The quantitative estimate of drug-likeness (QED) is 0.765. The van der Waals surface area contributed by atoms with Gasteiger partial charge >= 0.3 is 0 Å². The maximum absolute atomic E-state index is 7.91. The van der Waals surface area contributed by atoms with E-state index in [2.05, 4.69) is 17.0 Å². The van der Waals surface area contributed by atoms with Crippen LogP contribution in [0.5, 0.6) is 0 Å². The highest BCUT2D eigenvalue weighted by molar-refractivity contribution is 8.14. The molecule has 1 N–H and O–H groups in total. The monoisotopic (exact) mass is 206 g/mol. The second-order valence-corrected chi connectivity index (χ2v) is 4.43. The lowest BCUT2D eigenvalue weighted by Gasteiger charge is -2.21. The predicted octanol–water partition coefficient (Wildman–Crippen LogP) is 2.95. The molecule has 1 saturated heterocycles. The van der Waals surface area contributed by atoms with Crippen molar-refractivity contribution in [2.75, 3.05) is 17.2 Å². The highest BCUT2D eigenvalue weighted by Crippen LogP contribution is 2.22. The number of nitrogens with one attached hydrogen (secondary N) is 1. The van der Waals surface area contributed by atoms with E-state index in [-0.39, 0.29) is 0 Å². The highest BCUT2D eigenvalue weighted by Gasteiger charge is 2.14. The molecule has 14 heavy (non-hydrogen) atoms. The van der Waals surface area contributed by atoms with E-state index < -0.39 is 0 Å². The van der Waals surface area contributed by atoms with Gasteiger partial charge in [0.25, 0.3) is 0 Å². The minimum atomic E-state index is 0.689. The minimum absolute atomic E-state index is 0.689. The molecule has 0 spiro atoms. The van der Waals surface area contributed by atoms with E-state index in [4.69, 9.17) is 5.41 Å². The Morgan fingerprint density at radius 2 is 1.93 bits per heavy atom. The fraction of sp³-hybridized carbons (Fsp3) is 0.364. The molecule has 1 aliphatic heterocycles. The van der Waals surface area contributed by atoms with Gasteiger partial charge in [-0.05, 0) is 25.0 Å². The lowest BCUT2D eigenvalue weighted by Crippen LogP contribution is -2.27. The first-order valence-electron chi connectivity index (χ1n) is 4.92. The molecule has 1 aromatic carbocycles. The molecular formula is C11H14N2S. The third-order valence-electron chi connectivity index (χ3n) is 2.33. The van der Waals surface area contributed by atoms with Crippen molar-refractivity contribution in [3.05, 3.63) is 30.3 Å². The fourth-order valence-electron chi connectivity index (χ4n) is 1.57. The number of benzene rings is 1. The first-order chi connectivity index (χ1) is 6.88. The van der Waals surface area contributed by atoms with Crippen molar-refractivity contribution in [3.8, 4) is 0 Å². The van der Waals surface area contributed by atoms with Gasteiger partial charge in [0, 0.05) is 18.0 Å². The minimum Gasteiger partial charge on any atom is -0.321 e. The van der Waals surface area contributed by atoms with Crippen LogP contribution in [0.3, 0.4) is 0 Å². The van der Waals surface area contributed by atoms with Gasteiger partial charge in [-0.1, -0.05) is 30.0 Å². The summed E-state index contributed by atoms with van der Waals surface area (Å²) in [7, 11) is 0. The summed E-state index contributed by atoms with van der Waals surface area (Å²) < 4.78 is 0. The van der Waals surface area contributed by atoms with E-state index in [1.807, 2.05) is 18.2 Å². The van der Waals surface area contributed by atoms with Crippen molar-refractivity contribution >= 4 is 22.6 Å². The van der Waals surface area contributed by atoms with Crippen LogP contribution in [0.15, 0.2) is 30.3 Å². The number of anilines is 1. The Bertz CT molecular complexity index is 310. The van der Waals surface area contributed by atoms with Gasteiger partial charge in [0.2, 0.25) is 0 Å². The fourth-order valence-corrected chi connectivity index (χ4v) is 2.47. The van der Waals surface area contributed by atoms with Crippen LogP contribution in [-0.2, 0) is 0 Å². The van der Waals surface area contributed by atoms with Crippen molar-refractivity contribution in [1.29, 1.82) is 5.41 Å². The van der Waals surface area contributed by atoms with Gasteiger partial charge in [0.05, 0.1) is 0 Å². The standard InChI is InChI=1S/C11H14N2S/c12-11-13(8-4-5-9-14-11)10-6-2-1-3-7-10/h1-3,6-7,12H,4-5,8-9H2. The topological polar surface area (TPSA) is 27.1 Å². The summed E-state index contributed by atoms with van der Waals surface area (Å²) in [5, 5.41) is 8.60. The molecule has 0 radical (unpaired) electrons. The molecule has 0 amide bonds. The van der Waals surface area contributed by atoms with Gasteiger partial charge in [-0.15, -0.1) is 0 Å². The summed E-state index contributed by atoms with van der Waals surface area (Å²) >= 11 is 1.65. The van der Waals surface area contributed by atoms with Crippen LogP contribution in [-0.4, -0.2) is 17.5 Å². The summed E-state index contributed by atoms with van der Waals surface area (Å²) in [6.45, 7) is 0.982. The number of rotatable bonds is 1. The normalized spacial score (nSPS) is 18.0. The second-order valence-electron chi connectivity index (χ2n) is 3.35. The first-order valence-corrected chi connectivity index (χ1v) is 5.90. The molecule has 2 rings (SSSR count). The van der Waals surface area contributed by atoms with Crippen molar-refractivity contribution in [3.63, 3.8) is 0 Å². The molecule has 74 valence electrons. The summed E-state index contributed by atoms with van der Waals surface area (Å²) in [5.74, 6) is 1.09. The van der Waals surface area contributed by atoms with Gasteiger partial charge in [-0.2, -0.15) is 0 Å². The molecule has 0 bridgehead atoms. The van der Waals surface area contributed by atoms with Crippen LogP contribution in [0.25, 0.3) is 0 Å². The Balaban J connectivity index is 2.19. The molecule has 0 unspecified atom stereocenters. The molecule has 0 aliphatic carbocycles. The molecule has 2 nitrogen and oxygen atoms in total. The summed E-state index contributed by atoms with van der Waals surface area (Å²) in [4.78, 5) is 2.09. The Morgan fingerprint density at radius 3 is 2.71 bits per heavy atom. The van der Waals surface area contributed by atoms with E-state index in [0.717, 1.165) is 18.0 Å². The highest BCUT2D eigenvalue weighted by atomic mass is 32.2. The Morgan fingerprint density at radius 1 is 1.14 bits per heavy atom. The van der Waals surface area contributed by atoms with Crippen LogP contribution in [0.1, 0.15) is 12.8 Å². The van der Waals surface area contributed by atoms with Crippen molar-refractivity contribution in [2.45, 2.75) is 12.8 Å². The number of para-hydroxylation sites is 1. The number of hydrogen-bond acceptors (Lipinski definition) is 2. The van der Waals surface area contributed by atoms with Gasteiger partial charge in [-0.25, -0.2) is 0 Å². The third-order valence-corrected chi connectivity index (χ3v) is 3.31. The smallest absolute Gasteiger partial charge is 0.160 e. The summed E-state index contributed by atoms with van der Waals surface area (Å²) in [5.41, 5.74) is 1.15. The van der Waals surface area contributed by atoms with E-state index in [1.165, 1.54) is 12.8 Å². The van der Waals surface area contributed by atoms with Gasteiger partial charge < -0.3 is 4.90 Å². The number of amidine groups is 1. The molecule has 1 aliphatic rings. The van der Waals surface area contributed by atoms with Crippen LogP contribution in [0.4, 0.5) is 5.69 Å². The molecule has 1 aromatic rings. The van der Waals surface area contributed by atoms with E-state index in [1.54, 1.807) is 11.8 Å². The molecule has 1 fully saturated rings. The number of nitrogens with zero attached hydrogens (tertiary/aromatic N) is 1. The maximum Gasteiger partial charge on any atom is 0.160 e. The first kappa shape index (κ1) is 9.59. The van der Waals surface area contributed by atoms with Crippen LogP contribution in [0.2, 0.25) is 0 Å². The average molecular weight is 206 g/mol. The Kier molecular flexibility index (Phi) is 3.09. The van der Waals surface area contributed by atoms with Crippen molar-refractivity contribution < 1.29 is 0 Å². The molecule has 0 saturated carbocycles. The van der Waals surface area contributed by atoms with Crippen molar-refractivity contribution in [2.24, 2.45) is 0 Å². The van der Waals surface area contributed by atoms with Crippen LogP contribution < -0.4 is 4.90 Å². The largest absolute Gasteiger partial charge is 0.321 e. The zero-order valence-electron chi connectivity index (χ0n) is 8.07. The lowest BCUT2D eigenvalue weighted by molar-refractivity contribution is 0.812. The predicted molar refractivity (Wildman–Crippen MR) is 63.2 cm³/mol. The van der Waals surface area contributed by atoms with Gasteiger partial charge in [0.15, 0.2) is 5.17 Å². The van der Waals surface area contributed by atoms with E-state index in [0.29, 0.717) is 5.17 Å². The molecule has 0 atom stereocenters. The summed E-state index contributed by atoms with van der Waals surface area (Å²) in [6, 6.07) is 10.2. The van der Waals surface area contributed by atoms with Gasteiger partial charge in [0.1, 0.15) is 0 Å².